The summed E-state index contributed by atoms with van der Waals surface area (Å²) in [6.45, 7) is 1.76. The quantitative estimate of drug-likeness (QED) is 0.585. The van der Waals surface area contributed by atoms with Crippen molar-refractivity contribution in [3.63, 3.8) is 0 Å². The number of para-hydroxylation sites is 1. The van der Waals surface area contributed by atoms with Gasteiger partial charge in [0.2, 0.25) is 5.78 Å². The molecule has 1 heterocycles. The minimum absolute atomic E-state index is 0.0424. The van der Waals surface area contributed by atoms with E-state index < -0.39 is 23.6 Å². The van der Waals surface area contributed by atoms with Crippen LogP contribution in [0.25, 0.3) is 11.0 Å². The van der Waals surface area contributed by atoms with Crippen LogP contribution >= 0.6 is 0 Å². The summed E-state index contributed by atoms with van der Waals surface area (Å²) in [6.07, 6.45) is 0.441. The highest BCUT2D eigenvalue weighted by Gasteiger charge is 2.21. The highest BCUT2D eigenvalue weighted by Crippen LogP contribution is 2.24. The molecule has 0 aliphatic carbocycles. The number of carbonyl (C=O) groups is 4. The lowest BCUT2D eigenvalue weighted by Crippen LogP contribution is -2.37. The van der Waals surface area contributed by atoms with E-state index in [1.54, 1.807) is 19.1 Å². The molecule has 0 saturated heterocycles. The minimum atomic E-state index is -0.876. The summed E-state index contributed by atoms with van der Waals surface area (Å²) in [5.74, 6) is -1.77. The highest BCUT2D eigenvalue weighted by molar-refractivity contribution is 6.36. The Morgan fingerprint density at radius 3 is 2.58 bits per heavy atom. The van der Waals surface area contributed by atoms with E-state index in [4.69, 9.17) is 4.42 Å². The molecule has 0 spiro atoms. The van der Waals surface area contributed by atoms with Crippen molar-refractivity contribution in [1.29, 1.82) is 0 Å². The predicted molar refractivity (Wildman–Crippen MR) is 86.6 cm³/mol. The molecule has 0 aliphatic rings. The molecule has 1 atom stereocenters. The van der Waals surface area contributed by atoms with Crippen molar-refractivity contribution in [2.24, 2.45) is 0 Å². The fourth-order valence-corrected chi connectivity index (χ4v) is 2.34. The van der Waals surface area contributed by atoms with Crippen LogP contribution in [0.4, 0.5) is 0 Å². The van der Waals surface area contributed by atoms with Crippen LogP contribution in [0.5, 0.6) is 0 Å². The van der Waals surface area contributed by atoms with Crippen LogP contribution in [0.1, 0.15) is 29.0 Å². The number of benzene rings is 1. The van der Waals surface area contributed by atoms with Gasteiger partial charge in [0.15, 0.2) is 5.76 Å². The Hall–Kier alpha value is -2.96. The Morgan fingerprint density at radius 2 is 1.96 bits per heavy atom. The van der Waals surface area contributed by atoms with E-state index >= 15 is 0 Å². The molecule has 0 bridgehead atoms. The van der Waals surface area contributed by atoms with Gasteiger partial charge in [-0.25, -0.2) is 0 Å². The van der Waals surface area contributed by atoms with E-state index in [0.717, 1.165) is 5.39 Å². The fraction of sp³-hybridized carbons (Fsp3) is 0.294. The number of likely N-dealkylation sites (N-methyl/N-ethyl adjacent to an activating group) is 1. The second-order valence-corrected chi connectivity index (χ2v) is 5.31. The summed E-state index contributed by atoms with van der Waals surface area (Å²) in [6, 6.07) is 6.35. The third-order valence-electron chi connectivity index (χ3n) is 3.69. The molecule has 1 aromatic carbocycles. The third-order valence-corrected chi connectivity index (χ3v) is 3.69. The van der Waals surface area contributed by atoms with Crippen LogP contribution in [0.2, 0.25) is 0 Å². The average Bonchev–Trinajstić information content (AvgIpc) is 2.94. The number of ketones is 1. The molecule has 0 saturated carbocycles. The van der Waals surface area contributed by atoms with E-state index in [9.17, 15) is 19.2 Å². The van der Waals surface area contributed by atoms with Gasteiger partial charge in [0.05, 0.1) is 6.04 Å². The maximum Gasteiger partial charge on any atom is 0.287 e. The molecule has 7 nitrogen and oxygen atoms in total. The molecule has 126 valence electrons. The summed E-state index contributed by atoms with van der Waals surface area (Å²) in [7, 11) is 1.35. The second-order valence-electron chi connectivity index (χ2n) is 5.31. The monoisotopic (exact) mass is 330 g/mol. The van der Waals surface area contributed by atoms with Crippen LogP contribution in [0, 0.1) is 6.92 Å². The van der Waals surface area contributed by atoms with Crippen molar-refractivity contribution in [3.05, 3.63) is 35.6 Å². The lowest BCUT2D eigenvalue weighted by Gasteiger charge is -2.11. The number of furan rings is 1. The van der Waals surface area contributed by atoms with Crippen molar-refractivity contribution in [1.82, 2.24) is 10.6 Å². The SMILES string of the molecule is CNC(=O)C(=O)CC[C@@H](C=O)NC(=O)c1oc2ccccc2c1C. The largest absolute Gasteiger partial charge is 0.451 e. The van der Waals surface area contributed by atoms with Crippen LogP contribution < -0.4 is 10.6 Å². The molecular weight excluding hydrogens is 312 g/mol. The zero-order valence-corrected chi connectivity index (χ0v) is 13.4. The van der Waals surface area contributed by atoms with Gasteiger partial charge >= 0.3 is 0 Å². The standard InChI is InChI=1S/C17H18N2O5/c1-10-12-5-3-4-6-14(12)24-15(10)17(23)19-11(9-20)7-8-13(21)16(22)18-2/h3-6,9,11H,7-8H2,1-2H3,(H,18,22)(H,19,23)/t11-/m0/s1. The Balaban J connectivity index is 2.05. The molecular formula is C17H18N2O5. The lowest BCUT2D eigenvalue weighted by molar-refractivity contribution is -0.137. The number of fused-ring (bicyclic) bond motifs is 1. The normalized spacial score (nSPS) is 11.8. The topological polar surface area (TPSA) is 105 Å². The number of aldehydes is 1. The first kappa shape index (κ1) is 17.4. The van der Waals surface area contributed by atoms with Crippen LogP contribution in [0.3, 0.4) is 0 Å². The van der Waals surface area contributed by atoms with Crippen LogP contribution in [0.15, 0.2) is 28.7 Å². The Morgan fingerprint density at radius 1 is 1.25 bits per heavy atom. The first-order valence-electron chi connectivity index (χ1n) is 7.47. The van der Waals surface area contributed by atoms with E-state index in [2.05, 4.69) is 10.6 Å². The smallest absolute Gasteiger partial charge is 0.287 e. The van der Waals surface area contributed by atoms with Crippen molar-refractivity contribution in [2.45, 2.75) is 25.8 Å². The summed E-state index contributed by atoms with van der Waals surface area (Å²) >= 11 is 0. The Labute approximate surface area is 138 Å². The first-order chi connectivity index (χ1) is 11.5. The molecule has 7 heteroatoms. The van der Waals surface area contributed by atoms with Crippen molar-refractivity contribution in [3.8, 4) is 0 Å². The third kappa shape index (κ3) is 3.68. The Kier molecular flexibility index (Phi) is 5.47. The van der Waals surface area contributed by atoms with Gasteiger partial charge in [0, 0.05) is 24.4 Å². The lowest BCUT2D eigenvalue weighted by atomic mass is 10.1. The molecule has 0 unspecified atom stereocenters. The average molecular weight is 330 g/mol. The molecule has 0 aliphatic heterocycles. The van der Waals surface area contributed by atoms with Crippen LogP contribution in [-0.2, 0) is 14.4 Å². The molecule has 2 rings (SSSR count). The van der Waals surface area contributed by atoms with Gasteiger partial charge in [-0.1, -0.05) is 18.2 Å². The minimum Gasteiger partial charge on any atom is -0.451 e. The molecule has 2 amide bonds. The molecule has 24 heavy (non-hydrogen) atoms. The van der Waals surface area contributed by atoms with Gasteiger partial charge in [-0.15, -0.1) is 0 Å². The van der Waals surface area contributed by atoms with E-state index in [0.29, 0.717) is 17.4 Å². The number of rotatable bonds is 7. The molecule has 2 aromatic rings. The van der Waals surface area contributed by atoms with Crippen molar-refractivity contribution >= 4 is 34.9 Å². The van der Waals surface area contributed by atoms with Crippen molar-refractivity contribution in [2.75, 3.05) is 7.05 Å². The summed E-state index contributed by atoms with van der Waals surface area (Å²) in [5.41, 5.74) is 1.26. The highest BCUT2D eigenvalue weighted by atomic mass is 16.3. The number of Topliss-reactive ketones (excluding diaryl/α,β-unsaturated/α-hetero) is 1. The predicted octanol–water partition coefficient (Wildman–Crippen LogP) is 1.13. The molecule has 1 aromatic heterocycles. The number of amides is 2. The van der Waals surface area contributed by atoms with E-state index in [1.165, 1.54) is 7.05 Å². The number of hydrogen-bond acceptors (Lipinski definition) is 5. The van der Waals surface area contributed by atoms with Gasteiger partial charge < -0.3 is 19.8 Å². The maximum absolute atomic E-state index is 12.3. The number of aryl methyl sites for hydroxylation is 1. The van der Waals surface area contributed by atoms with Gasteiger partial charge in [-0.2, -0.15) is 0 Å². The van der Waals surface area contributed by atoms with E-state index in [1.807, 2.05) is 12.1 Å². The Bertz CT molecular complexity index is 793. The zero-order valence-electron chi connectivity index (χ0n) is 13.4. The van der Waals surface area contributed by atoms with Crippen LogP contribution in [-0.4, -0.2) is 37.0 Å². The van der Waals surface area contributed by atoms with E-state index in [-0.39, 0.29) is 18.6 Å². The van der Waals surface area contributed by atoms with Crippen molar-refractivity contribution < 1.29 is 23.6 Å². The van der Waals surface area contributed by atoms with Gasteiger partial charge in [0.25, 0.3) is 11.8 Å². The summed E-state index contributed by atoms with van der Waals surface area (Å²) < 4.78 is 5.53. The second kappa shape index (κ2) is 7.54. The summed E-state index contributed by atoms with van der Waals surface area (Å²) in [4.78, 5) is 46.0. The molecule has 0 radical (unpaired) electrons. The maximum atomic E-state index is 12.3. The number of hydrogen-bond donors (Lipinski definition) is 2. The first-order valence-corrected chi connectivity index (χ1v) is 7.47. The van der Waals surface area contributed by atoms with Gasteiger partial charge in [-0.05, 0) is 19.4 Å². The molecule has 2 N–H and O–H groups in total. The van der Waals surface area contributed by atoms with Gasteiger partial charge in [0.1, 0.15) is 11.9 Å². The number of nitrogens with one attached hydrogen (secondary N) is 2. The molecule has 0 fully saturated rings. The zero-order chi connectivity index (χ0) is 17.7. The summed E-state index contributed by atoms with van der Waals surface area (Å²) in [5, 5.41) is 5.55. The van der Waals surface area contributed by atoms with Gasteiger partial charge in [-0.3, -0.25) is 14.4 Å². The fourth-order valence-electron chi connectivity index (χ4n) is 2.34. The number of carbonyl (C=O) groups excluding carboxylic acids is 4.